The van der Waals surface area contributed by atoms with Crippen LogP contribution in [0.1, 0.15) is 22.1 Å². The molecule has 94 valence electrons. The number of rotatable bonds is 3. The van der Waals surface area contributed by atoms with Crippen molar-refractivity contribution in [3.05, 3.63) is 69.2 Å². The molecular formula is C15H13Cl3. The Morgan fingerprint density at radius 1 is 1.06 bits per heavy atom. The normalized spacial score (nSPS) is 12.4. The van der Waals surface area contributed by atoms with Gasteiger partial charge in [-0.25, -0.2) is 0 Å². The maximum atomic E-state index is 6.43. The molecule has 1 atom stereocenters. The Morgan fingerprint density at radius 2 is 1.83 bits per heavy atom. The van der Waals surface area contributed by atoms with Gasteiger partial charge in [-0.3, -0.25) is 0 Å². The summed E-state index contributed by atoms with van der Waals surface area (Å²) >= 11 is 18.5. The van der Waals surface area contributed by atoms with Gasteiger partial charge in [0.05, 0.1) is 5.38 Å². The molecule has 0 radical (unpaired) electrons. The molecule has 1 unspecified atom stereocenters. The lowest BCUT2D eigenvalue weighted by Crippen LogP contribution is -1.97. The van der Waals surface area contributed by atoms with Crippen LogP contribution in [-0.4, -0.2) is 0 Å². The number of hydrogen-bond donors (Lipinski definition) is 0. The average molecular weight is 300 g/mol. The zero-order valence-corrected chi connectivity index (χ0v) is 12.2. The lowest BCUT2D eigenvalue weighted by molar-refractivity contribution is 0.918. The van der Waals surface area contributed by atoms with E-state index in [-0.39, 0.29) is 5.38 Å². The molecule has 2 aromatic carbocycles. The largest absolute Gasteiger partial charge is 0.117 e. The second kappa shape index (κ2) is 5.97. The maximum Gasteiger partial charge on any atom is 0.0640 e. The molecule has 0 aliphatic carbocycles. The molecule has 0 nitrogen and oxygen atoms in total. The Balaban J connectivity index is 2.21. The van der Waals surface area contributed by atoms with E-state index in [1.807, 2.05) is 12.1 Å². The van der Waals surface area contributed by atoms with Crippen molar-refractivity contribution in [1.82, 2.24) is 0 Å². The minimum Gasteiger partial charge on any atom is -0.117 e. The van der Waals surface area contributed by atoms with Gasteiger partial charge in [0.1, 0.15) is 0 Å². The minimum absolute atomic E-state index is 0.169. The summed E-state index contributed by atoms with van der Waals surface area (Å²) in [6.45, 7) is 2.07. The van der Waals surface area contributed by atoms with Gasteiger partial charge in [0, 0.05) is 10.0 Å². The zero-order chi connectivity index (χ0) is 13.1. The second-order valence-electron chi connectivity index (χ2n) is 4.33. The number of halogens is 3. The molecule has 0 amide bonds. The van der Waals surface area contributed by atoms with Crippen LogP contribution in [0, 0.1) is 6.92 Å². The summed E-state index contributed by atoms with van der Waals surface area (Å²) in [5.74, 6) is 0. The van der Waals surface area contributed by atoms with Crippen LogP contribution in [0.25, 0.3) is 0 Å². The van der Waals surface area contributed by atoms with Gasteiger partial charge in [-0.15, -0.1) is 11.6 Å². The Bertz CT molecular complexity index is 549. The SMILES string of the molecule is Cc1cccc(CC(Cl)c2cc(Cl)ccc2Cl)c1. The minimum atomic E-state index is -0.169. The summed E-state index contributed by atoms with van der Waals surface area (Å²) in [6.07, 6.45) is 0.739. The van der Waals surface area contributed by atoms with Crippen LogP contribution in [0.4, 0.5) is 0 Å². The molecule has 0 bridgehead atoms. The molecule has 0 aliphatic rings. The molecule has 0 aliphatic heterocycles. The maximum absolute atomic E-state index is 6.43. The third-order valence-electron chi connectivity index (χ3n) is 2.79. The molecule has 18 heavy (non-hydrogen) atoms. The number of benzene rings is 2. The third kappa shape index (κ3) is 3.41. The van der Waals surface area contributed by atoms with Crippen molar-refractivity contribution in [2.45, 2.75) is 18.7 Å². The van der Waals surface area contributed by atoms with E-state index >= 15 is 0 Å². The fourth-order valence-electron chi connectivity index (χ4n) is 1.91. The van der Waals surface area contributed by atoms with E-state index in [9.17, 15) is 0 Å². The Labute approximate surface area is 122 Å². The summed E-state index contributed by atoms with van der Waals surface area (Å²) in [6, 6.07) is 13.7. The molecule has 0 saturated heterocycles. The van der Waals surface area contributed by atoms with E-state index in [4.69, 9.17) is 34.8 Å². The highest BCUT2D eigenvalue weighted by molar-refractivity contribution is 6.34. The zero-order valence-electron chi connectivity index (χ0n) is 9.96. The monoisotopic (exact) mass is 298 g/mol. The third-order valence-corrected chi connectivity index (χ3v) is 3.76. The van der Waals surface area contributed by atoms with Gasteiger partial charge in [0.25, 0.3) is 0 Å². The van der Waals surface area contributed by atoms with Crippen LogP contribution in [0.5, 0.6) is 0 Å². The van der Waals surface area contributed by atoms with Gasteiger partial charge in [-0.05, 0) is 42.7 Å². The van der Waals surface area contributed by atoms with Gasteiger partial charge in [0.15, 0.2) is 0 Å². The second-order valence-corrected chi connectivity index (χ2v) is 5.70. The molecule has 0 saturated carbocycles. The molecule has 3 heteroatoms. The number of aryl methyl sites for hydroxylation is 1. The first kappa shape index (κ1) is 13.7. The van der Waals surface area contributed by atoms with E-state index in [1.165, 1.54) is 11.1 Å². The first-order chi connectivity index (χ1) is 8.56. The Kier molecular flexibility index (Phi) is 4.55. The van der Waals surface area contributed by atoms with Gasteiger partial charge in [-0.1, -0.05) is 53.0 Å². The Hall–Kier alpha value is -0.690. The quantitative estimate of drug-likeness (QED) is 0.626. The van der Waals surface area contributed by atoms with Gasteiger partial charge in [0.2, 0.25) is 0 Å². The smallest absolute Gasteiger partial charge is 0.0640 e. The van der Waals surface area contributed by atoms with Crippen molar-refractivity contribution in [3.8, 4) is 0 Å². The van der Waals surface area contributed by atoms with Gasteiger partial charge >= 0.3 is 0 Å². The highest BCUT2D eigenvalue weighted by Gasteiger charge is 2.13. The van der Waals surface area contributed by atoms with Crippen LogP contribution < -0.4 is 0 Å². The fourth-order valence-corrected chi connectivity index (χ4v) is 2.76. The number of alkyl halides is 1. The molecule has 0 aromatic heterocycles. The van der Waals surface area contributed by atoms with Crippen LogP contribution in [0.15, 0.2) is 42.5 Å². The lowest BCUT2D eigenvalue weighted by atomic mass is 10.0. The van der Waals surface area contributed by atoms with E-state index in [2.05, 4.69) is 25.1 Å². The van der Waals surface area contributed by atoms with Crippen molar-refractivity contribution in [2.75, 3.05) is 0 Å². The molecular weight excluding hydrogens is 287 g/mol. The molecule has 2 rings (SSSR count). The van der Waals surface area contributed by atoms with Crippen molar-refractivity contribution in [3.63, 3.8) is 0 Å². The van der Waals surface area contributed by atoms with Crippen LogP contribution in [0.2, 0.25) is 10.0 Å². The molecule has 2 aromatic rings. The Morgan fingerprint density at radius 3 is 2.56 bits per heavy atom. The predicted octanol–water partition coefficient (Wildman–Crippen LogP) is 5.82. The van der Waals surface area contributed by atoms with Crippen LogP contribution in [-0.2, 0) is 6.42 Å². The fraction of sp³-hybridized carbons (Fsp3) is 0.200. The van der Waals surface area contributed by atoms with E-state index < -0.39 is 0 Å². The molecule has 0 fully saturated rings. The topological polar surface area (TPSA) is 0 Å². The summed E-state index contributed by atoms with van der Waals surface area (Å²) in [5, 5.41) is 1.15. The number of hydrogen-bond acceptors (Lipinski definition) is 0. The highest BCUT2D eigenvalue weighted by Crippen LogP contribution is 2.32. The summed E-state index contributed by atoms with van der Waals surface area (Å²) in [4.78, 5) is 0. The highest BCUT2D eigenvalue weighted by atomic mass is 35.5. The molecule has 0 N–H and O–H groups in total. The van der Waals surface area contributed by atoms with Crippen molar-refractivity contribution in [2.24, 2.45) is 0 Å². The predicted molar refractivity (Wildman–Crippen MR) is 79.9 cm³/mol. The van der Waals surface area contributed by atoms with Crippen molar-refractivity contribution in [1.29, 1.82) is 0 Å². The first-order valence-electron chi connectivity index (χ1n) is 5.71. The lowest BCUT2D eigenvalue weighted by Gasteiger charge is -2.12. The van der Waals surface area contributed by atoms with Crippen molar-refractivity contribution < 1.29 is 0 Å². The summed E-state index contributed by atoms with van der Waals surface area (Å²) in [7, 11) is 0. The van der Waals surface area contributed by atoms with E-state index in [1.54, 1.807) is 12.1 Å². The first-order valence-corrected chi connectivity index (χ1v) is 6.90. The molecule has 0 heterocycles. The van der Waals surface area contributed by atoms with Crippen LogP contribution >= 0.6 is 34.8 Å². The molecule has 0 spiro atoms. The van der Waals surface area contributed by atoms with E-state index in [0.29, 0.717) is 10.0 Å². The summed E-state index contributed by atoms with van der Waals surface area (Å²) < 4.78 is 0. The summed E-state index contributed by atoms with van der Waals surface area (Å²) in [5.41, 5.74) is 3.31. The van der Waals surface area contributed by atoms with Gasteiger partial charge < -0.3 is 0 Å². The van der Waals surface area contributed by atoms with E-state index in [0.717, 1.165) is 12.0 Å². The average Bonchev–Trinajstić information content (AvgIpc) is 2.32. The standard InChI is InChI=1S/C15H13Cl3/c1-10-3-2-4-11(7-10)8-15(18)13-9-12(16)5-6-14(13)17/h2-7,9,15H,8H2,1H3. The van der Waals surface area contributed by atoms with Crippen molar-refractivity contribution >= 4 is 34.8 Å². The van der Waals surface area contributed by atoms with Gasteiger partial charge in [-0.2, -0.15) is 0 Å². The van der Waals surface area contributed by atoms with Crippen LogP contribution in [0.3, 0.4) is 0 Å².